The highest BCUT2D eigenvalue weighted by Gasteiger charge is 2.55. The SMILES string of the molecule is CC1(C)OC2C(O1)[C@@H](CO)O[C@H]2n1cnc2c(Cl)ncnc21. The van der Waals surface area contributed by atoms with Crippen LogP contribution in [0.1, 0.15) is 20.1 Å². The van der Waals surface area contributed by atoms with Crippen LogP contribution in [0, 0.1) is 0 Å². The lowest BCUT2D eigenvalue weighted by Crippen LogP contribution is -2.31. The highest BCUT2D eigenvalue weighted by molar-refractivity contribution is 6.33. The first-order valence-electron chi connectivity index (χ1n) is 6.95. The molecular weight excluding hydrogens is 312 g/mol. The van der Waals surface area contributed by atoms with E-state index in [-0.39, 0.29) is 24.0 Å². The van der Waals surface area contributed by atoms with Gasteiger partial charge in [0.05, 0.1) is 12.9 Å². The van der Waals surface area contributed by atoms with Crippen LogP contribution >= 0.6 is 11.6 Å². The zero-order valence-corrected chi connectivity index (χ0v) is 12.8. The van der Waals surface area contributed by atoms with Crippen molar-refractivity contribution in [3.05, 3.63) is 17.8 Å². The van der Waals surface area contributed by atoms with E-state index >= 15 is 0 Å². The standard InChI is InChI=1S/C13H15ClN4O4/c1-13(2)21-8-6(3-19)20-12(9(8)22-13)18-5-17-7-10(14)15-4-16-11(7)18/h4-6,8-9,12,19H,3H2,1-2H3/t6-,8?,9?,12-/m1/s1. The minimum atomic E-state index is -0.728. The van der Waals surface area contributed by atoms with E-state index in [1.165, 1.54) is 6.33 Å². The van der Waals surface area contributed by atoms with Crippen molar-refractivity contribution < 1.29 is 19.3 Å². The van der Waals surface area contributed by atoms with Gasteiger partial charge in [0.1, 0.15) is 30.2 Å². The van der Waals surface area contributed by atoms with Gasteiger partial charge < -0.3 is 19.3 Å². The predicted octanol–water partition coefficient (Wildman–Crippen LogP) is 0.889. The van der Waals surface area contributed by atoms with Gasteiger partial charge in [-0.15, -0.1) is 0 Å². The Morgan fingerprint density at radius 1 is 1.27 bits per heavy atom. The molecule has 4 heterocycles. The normalized spacial score (nSPS) is 33.5. The largest absolute Gasteiger partial charge is 0.394 e. The summed E-state index contributed by atoms with van der Waals surface area (Å²) in [6.07, 6.45) is 1.28. The summed E-state index contributed by atoms with van der Waals surface area (Å²) in [5, 5.41) is 9.80. The van der Waals surface area contributed by atoms with Crippen molar-refractivity contribution in [2.75, 3.05) is 6.61 Å². The summed E-state index contributed by atoms with van der Waals surface area (Å²) in [7, 11) is 0. The van der Waals surface area contributed by atoms with E-state index < -0.39 is 18.1 Å². The zero-order valence-electron chi connectivity index (χ0n) is 12.0. The molecule has 0 saturated carbocycles. The molecular formula is C13H15ClN4O4. The summed E-state index contributed by atoms with van der Waals surface area (Å²) in [5.41, 5.74) is 1.05. The molecule has 0 aromatic carbocycles. The third kappa shape index (κ3) is 2.03. The average Bonchev–Trinajstić information content (AvgIpc) is 3.10. The Labute approximate surface area is 131 Å². The fraction of sp³-hybridized carbons (Fsp3) is 0.615. The second kappa shape index (κ2) is 4.84. The van der Waals surface area contributed by atoms with Crippen molar-refractivity contribution in [3.8, 4) is 0 Å². The highest BCUT2D eigenvalue weighted by Crippen LogP contribution is 2.43. The van der Waals surface area contributed by atoms with Gasteiger partial charge in [0, 0.05) is 0 Å². The van der Waals surface area contributed by atoms with E-state index in [0.29, 0.717) is 11.2 Å². The Balaban J connectivity index is 1.77. The number of aliphatic hydroxyl groups is 1. The fourth-order valence-electron chi connectivity index (χ4n) is 3.04. The van der Waals surface area contributed by atoms with Crippen molar-refractivity contribution >= 4 is 22.8 Å². The second-order valence-corrected chi connectivity index (χ2v) is 6.16. The molecule has 2 unspecified atom stereocenters. The summed E-state index contributed by atoms with van der Waals surface area (Å²) >= 11 is 6.03. The van der Waals surface area contributed by atoms with Gasteiger partial charge in [-0.2, -0.15) is 0 Å². The Hall–Kier alpha value is -1.32. The number of hydrogen-bond acceptors (Lipinski definition) is 7. The monoisotopic (exact) mass is 326 g/mol. The molecule has 22 heavy (non-hydrogen) atoms. The van der Waals surface area contributed by atoms with Crippen LogP contribution in [0.25, 0.3) is 11.2 Å². The lowest BCUT2D eigenvalue weighted by Gasteiger charge is -2.24. The van der Waals surface area contributed by atoms with Gasteiger partial charge in [0.15, 0.2) is 22.8 Å². The molecule has 0 radical (unpaired) electrons. The Morgan fingerprint density at radius 2 is 2.05 bits per heavy atom. The maximum absolute atomic E-state index is 9.52. The number of rotatable bonds is 2. The molecule has 2 fully saturated rings. The number of aliphatic hydroxyl groups excluding tert-OH is 1. The molecule has 2 aromatic rings. The quantitative estimate of drug-likeness (QED) is 0.819. The Morgan fingerprint density at radius 3 is 2.82 bits per heavy atom. The summed E-state index contributed by atoms with van der Waals surface area (Å²) < 4.78 is 19.4. The number of imidazole rings is 1. The summed E-state index contributed by atoms with van der Waals surface area (Å²) in [6.45, 7) is 3.52. The molecule has 0 aliphatic carbocycles. The second-order valence-electron chi connectivity index (χ2n) is 5.80. The smallest absolute Gasteiger partial charge is 0.167 e. The van der Waals surface area contributed by atoms with E-state index in [2.05, 4.69) is 15.0 Å². The topological polar surface area (TPSA) is 91.5 Å². The van der Waals surface area contributed by atoms with Crippen LogP contribution < -0.4 is 0 Å². The van der Waals surface area contributed by atoms with Gasteiger partial charge in [-0.3, -0.25) is 4.57 Å². The van der Waals surface area contributed by atoms with Crippen molar-refractivity contribution in [2.24, 2.45) is 0 Å². The van der Waals surface area contributed by atoms with Crippen LogP contribution in [0.4, 0.5) is 0 Å². The highest BCUT2D eigenvalue weighted by atomic mass is 35.5. The van der Waals surface area contributed by atoms with Crippen molar-refractivity contribution in [3.63, 3.8) is 0 Å². The lowest BCUT2D eigenvalue weighted by molar-refractivity contribution is -0.199. The molecule has 2 aromatic heterocycles. The summed E-state index contributed by atoms with van der Waals surface area (Å²) in [5.74, 6) is -0.728. The van der Waals surface area contributed by atoms with E-state index in [9.17, 15) is 5.11 Å². The van der Waals surface area contributed by atoms with Crippen molar-refractivity contribution in [2.45, 2.75) is 44.2 Å². The van der Waals surface area contributed by atoms with Crippen LogP contribution in [-0.2, 0) is 14.2 Å². The fourth-order valence-corrected chi connectivity index (χ4v) is 3.22. The van der Waals surface area contributed by atoms with Crippen LogP contribution in [0.15, 0.2) is 12.7 Å². The van der Waals surface area contributed by atoms with E-state index in [0.717, 1.165) is 0 Å². The summed E-state index contributed by atoms with van der Waals surface area (Å²) in [4.78, 5) is 12.4. The maximum atomic E-state index is 9.52. The molecule has 4 atom stereocenters. The lowest BCUT2D eigenvalue weighted by atomic mass is 10.1. The predicted molar refractivity (Wildman–Crippen MR) is 75.2 cm³/mol. The van der Waals surface area contributed by atoms with Gasteiger partial charge in [0.25, 0.3) is 0 Å². The third-order valence-electron chi connectivity index (χ3n) is 3.89. The van der Waals surface area contributed by atoms with Crippen LogP contribution in [-0.4, -0.2) is 55.3 Å². The number of aromatic nitrogens is 4. The third-order valence-corrected chi connectivity index (χ3v) is 4.17. The number of halogens is 1. The van der Waals surface area contributed by atoms with E-state index in [1.54, 1.807) is 10.9 Å². The zero-order chi connectivity index (χ0) is 15.5. The summed E-state index contributed by atoms with van der Waals surface area (Å²) in [6, 6.07) is 0. The molecule has 4 rings (SSSR count). The minimum Gasteiger partial charge on any atom is -0.394 e. The van der Waals surface area contributed by atoms with Gasteiger partial charge in [-0.1, -0.05) is 11.6 Å². The van der Waals surface area contributed by atoms with Crippen LogP contribution in [0.3, 0.4) is 0 Å². The molecule has 9 heteroatoms. The molecule has 2 aliphatic heterocycles. The Bertz CT molecular complexity index is 721. The van der Waals surface area contributed by atoms with Gasteiger partial charge in [-0.25, -0.2) is 15.0 Å². The molecule has 8 nitrogen and oxygen atoms in total. The molecule has 2 saturated heterocycles. The first-order chi connectivity index (χ1) is 10.5. The molecule has 1 N–H and O–H groups in total. The first-order valence-corrected chi connectivity index (χ1v) is 7.33. The molecule has 2 aliphatic rings. The number of hydrogen-bond donors (Lipinski definition) is 1. The van der Waals surface area contributed by atoms with E-state index in [4.69, 9.17) is 25.8 Å². The maximum Gasteiger partial charge on any atom is 0.167 e. The molecule has 0 spiro atoms. The van der Waals surface area contributed by atoms with E-state index in [1.807, 2.05) is 13.8 Å². The van der Waals surface area contributed by atoms with Crippen molar-refractivity contribution in [1.82, 2.24) is 19.5 Å². The minimum absolute atomic E-state index is 0.153. The molecule has 0 amide bonds. The molecule has 118 valence electrons. The van der Waals surface area contributed by atoms with Gasteiger partial charge in [-0.05, 0) is 13.8 Å². The van der Waals surface area contributed by atoms with Gasteiger partial charge in [0.2, 0.25) is 0 Å². The van der Waals surface area contributed by atoms with Crippen LogP contribution in [0.5, 0.6) is 0 Å². The number of ether oxygens (including phenoxy) is 3. The Kier molecular flexibility index (Phi) is 3.14. The van der Waals surface area contributed by atoms with Gasteiger partial charge >= 0.3 is 0 Å². The van der Waals surface area contributed by atoms with Crippen molar-refractivity contribution in [1.29, 1.82) is 0 Å². The average molecular weight is 327 g/mol. The number of nitrogens with zero attached hydrogens (tertiary/aromatic N) is 4. The van der Waals surface area contributed by atoms with Crippen LogP contribution in [0.2, 0.25) is 5.15 Å². The first kappa shape index (κ1) is 14.3. The number of fused-ring (bicyclic) bond motifs is 2. The molecule has 0 bridgehead atoms.